The second kappa shape index (κ2) is 12.9. The number of anilines is 2. The molecule has 0 bridgehead atoms. The van der Waals surface area contributed by atoms with E-state index in [1.54, 1.807) is 0 Å². The van der Waals surface area contributed by atoms with Gasteiger partial charge in [0.05, 0.1) is 5.54 Å². The first-order valence-electron chi connectivity index (χ1n) is 13.4. The minimum absolute atomic E-state index is 0.569. The van der Waals surface area contributed by atoms with Gasteiger partial charge in [0, 0.05) is 18.4 Å². The summed E-state index contributed by atoms with van der Waals surface area (Å²) in [5.41, 5.74) is 13.5. The first-order chi connectivity index (χ1) is 18.5. The fourth-order valence-corrected chi connectivity index (χ4v) is 4.66. The van der Waals surface area contributed by atoms with Crippen molar-refractivity contribution in [2.24, 2.45) is 5.73 Å². The average molecular weight is 499 g/mol. The molecule has 0 heterocycles. The molecule has 0 aliphatic heterocycles. The Morgan fingerprint density at radius 3 is 1.26 bits per heavy atom. The summed E-state index contributed by atoms with van der Waals surface area (Å²) in [6, 6.07) is 50.2. The Morgan fingerprint density at radius 1 is 0.553 bits per heavy atom. The van der Waals surface area contributed by atoms with Crippen molar-refractivity contribution in [1.29, 1.82) is 0 Å². The predicted molar refractivity (Wildman–Crippen MR) is 163 cm³/mol. The Morgan fingerprint density at radius 2 is 0.895 bits per heavy atom. The van der Waals surface area contributed by atoms with E-state index in [1.807, 2.05) is 48.5 Å². The fraction of sp³-hybridized carbons (Fsp3) is 0.167. The molecule has 0 fully saturated rings. The molecule has 0 amide bonds. The number of hydrogen-bond acceptors (Lipinski definition) is 2. The van der Waals surface area contributed by atoms with Crippen molar-refractivity contribution < 1.29 is 0 Å². The number of nitrogens with zero attached hydrogens (tertiary/aromatic N) is 1. The third-order valence-corrected chi connectivity index (χ3v) is 7.29. The molecule has 0 aliphatic rings. The SMILES string of the molecule is CCC(C)c1ccc(C(N)(c2ccccc2)c2ccccc2)cc1.CN(c1ccccc1)c1ccccc1. The number of hydrogen-bond donors (Lipinski definition) is 1. The Labute approximate surface area is 228 Å². The van der Waals surface area contributed by atoms with Crippen molar-refractivity contribution in [3.05, 3.63) is 168 Å². The van der Waals surface area contributed by atoms with E-state index in [0.29, 0.717) is 5.92 Å². The van der Waals surface area contributed by atoms with Gasteiger partial charge in [0.1, 0.15) is 0 Å². The second-order valence-electron chi connectivity index (χ2n) is 9.70. The molecule has 1 atom stereocenters. The lowest BCUT2D eigenvalue weighted by Crippen LogP contribution is -2.39. The first kappa shape index (κ1) is 26.9. The van der Waals surface area contributed by atoms with Crippen LogP contribution in [0.2, 0.25) is 0 Å². The van der Waals surface area contributed by atoms with Crippen LogP contribution in [0, 0.1) is 0 Å². The first-order valence-corrected chi connectivity index (χ1v) is 13.4. The molecule has 5 aromatic rings. The van der Waals surface area contributed by atoms with Crippen LogP contribution in [0.15, 0.2) is 146 Å². The quantitative estimate of drug-likeness (QED) is 0.227. The molecule has 0 saturated carbocycles. The van der Waals surface area contributed by atoms with Gasteiger partial charge in [0.15, 0.2) is 0 Å². The monoisotopic (exact) mass is 498 g/mol. The van der Waals surface area contributed by atoms with Crippen LogP contribution < -0.4 is 10.6 Å². The molecule has 2 nitrogen and oxygen atoms in total. The molecule has 192 valence electrons. The van der Waals surface area contributed by atoms with Crippen molar-refractivity contribution in [2.75, 3.05) is 11.9 Å². The molecule has 5 rings (SSSR count). The third-order valence-electron chi connectivity index (χ3n) is 7.29. The number of rotatable bonds is 7. The maximum absolute atomic E-state index is 7.02. The Balaban J connectivity index is 0.000000204. The van der Waals surface area contributed by atoms with Crippen molar-refractivity contribution in [1.82, 2.24) is 0 Å². The van der Waals surface area contributed by atoms with Gasteiger partial charge in [0.2, 0.25) is 0 Å². The molecule has 2 heteroatoms. The smallest absolute Gasteiger partial charge is 0.0922 e. The highest BCUT2D eigenvalue weighted by molar-refractivity contribution is 5.61. The van der Waals surface area contributed by atoms with E-state index < -0.39 is 5.54 Å². The van der Waals surface area contributed by atoms with Crippen LogP contribution in [-0.2, 0) is 5.54 Å². The molecule has 0 saturated heterocycles. The van der Waals surface area contributed by atoms with Gasteiger partial charge in [-0.2, -0.15) is 0 Å². The minimum Gasteiger partial charge on any atom is -0.345 e. The lowest BCUT2D eigenvalue weighted by atomic mass is 9.77. The van der Waals surface area contributed by atoms with Gasteiger partial charge in [-0.15, -0.1) is 0 Å². The summed E-state index contributed by atoms with van der Waals surface area (Å²) in [4.78, 5) is 2.17. The van der Waals surface area contributed by atoms with E-state index in [1.165, 1.54) is 16.9 Å². The summed E-state index contributed by atoms with van der Waals surface area (Å²) in [5, 5.41) is 0. The fourth-order valence-electron chi connectivity index (χ4n) is 4.66. The highest BCUT2D eigenvalue weighted by Gasteiger charge is 2.31. The summed E-state index contributed by atoms with van der Waals surface area (Å²) in [6.45, 7) is 4.48. The van der Waals surface area contributed by atoms with Crippen LogP contribution in [0.25, 0.3) is 0 Å². The molecular formula is C36H38N2. The van der Waals surface area contributed by atoms with Crippen molar-refractivity contribution in [3.63, 3.8) is 0 Å². The normalized spacial score (nSPS) is 11.7. The molecular weight excluding hydrogens is 460 g/mol. The van der Waals surface area contributed by atoms with E-state index in [2.05, 4.69) is 123 Å². The molecule has 38 heavy (non-hydrogen) atoms. The predicted octanol–water partition coefficient (Wildman–Crippen LogP) is 8.91. The number of para-hydroxylation sites is 2. The Kier molecular flexibility index (Phi) is 9.13. The Bertz CT molecular complexity index is 1270. The topological polar surface area (TPSA) is 29.3 Å². The summed E-state index contributed by atoms with van der Waals surface area (Å²) < 4.78 is 0. The van der Waals surface area contributed by atoms with Crippen LogP contribution in [0.1, 0.15) is 48.4 Å². The summed E-state index contributed by atoms with van der Waals surface area (Å²) in [6.07, 6.45) is 1.14. The summed E-state index contributed by atoms with van der Waals surface area (Å²) >= 11 is 0. The zero-order chi connectivity index (χ0) is 26.8. The van der Waals surface area contributed by atoms with Gasteiger partial charge in [-0.05, 0) is 58.9 Å². The van der Waals surface area contributed by atoms with Crippen LogP contribution in [0.4, 0.5) is 11.4 Å². The van der Waals surface area contributed by atoms with Gasteiger partial charge < -0.3 is 10.6 Å². The van der Waals surface area contributed by atoms with Crippen molar-refractivity contribution in [2.45, 2.75) is 31.7 Å². The molecule has 5 aromatic carbocycles. The molecule has 2 N–H and O–H groups in total. The van der Waals surface area contributed by atoms with E-state index in [0.717, 1.165) is 23.1 Å². The zero-order valence-corrected chi connectivity index (χ0v) is 22.7. The zero-order valence-electron chi connectivity index (χ0n) is 22.7. The van der Waals surface area contributed by atoms with Gasteiger partial charge in [-0.3, -0.25) is 0 Å². The Hall–Kier alpha value is -4.14. The van der Waals surface area contributed by atoms with Crippen LogP contribution in [-0.4, -0.2) is 7.05 Å². The van der Waals surface area contributed by atoms with Crippen LogP contribution >= 0.6 is 0 Å². The molecule has 0 aromatic heterocycles. The summed E-state index contributed by atoms with van der Waals surface area (Å²) in [5.74, 6) is 0.569. The second-order valence-corrected chi connectivity index (χ2v) is 9.70. The standard InChI is InChI=1S/C23H25N.C13H13N/c1-3-18(2)19-14-16-22(17-15-19)23(24,20-10-6-4-7-11-20)21-12-8-5-9-13-21;1-14(12-8-4-2-5-9-12)13-10-6-3-7-11-13/h4-18H,3,24H2,1-2H3;2-11H,1H3. The largest absolute Gasteiger partial charge is 0.345 e. The van der Waals surface area contributed by atoms with Gasteiger partial charge in [-0.1, -0.05) is 135 Å². The average Bonchev–Trinajstić information content (AvgIpc) is 3.02. The maximum atomic E-state index is 7.02. The van der Waals surface area contributed by atoms with Gasteiger partial charge in [0.25, 0.3) is 0 Å². The van der Waals surface area contributed by atoms with E-state index in [4.69, 9.17) is 5.73 Å². The van der Waals surface area contributed by atoms with Gasteiger partial charge >= 0.3 is 0 Å². The van der Waals surface area contributed by atoms with E-state index in [9.17, 15) is 0 Å². The maximum Gasteiger partial charge on any atom is 0.0922 e. The molecule has 0 aliphatic carbocycles. The lowest BCUT2D eigenvalue weighted by Gasteiger charge is -2.32. The van der Waals surface area contributed by atoms with Crippen molar-refractivity contribution in [3.8, 4) is 0 Å². The molecule has 1 unspecified atom stereocenters. The van der Waals surface area contributed by atoms with Gasteiger partial charge in [-0.25, -0.2) is 0 Å². The highest BCUT2D eigenvalue weighted by Crippen LogP contribution is 2.35. The minimum atomic E-state index is -0.642. The van der Waals surface area contributed by atoms with E-state index >= 15 is 0 Å². The molecule has 0 spiro atoms. The highest BCUT2D eigenvalue weighted by atomic mass is 15.1. The summed E-state index contributed by atoms with van der Waals surface area (Å²) in [7, 11) is 2.07. The van der Waals surface area contributed by atoms with Crippen LogP contribution in [0.3, 0.4) is 0 Å². The van der Waals surface area contributed by atoms with Crippen molar-refractivity contribution >= 4 is 11.4 Å². The lowest BCUT2D eigenvalue weighted by molar-refractivity contribution is 0.651. The number of nitrogens with two attached hydrogens (primary N) is 1. The van der Waals surface area contributed by atoms with E-state index in [-0.39, 0.29) is 0 Å². The number of benzene rings is 5. The molecule has 0 radical (unpaired) electrons. The third kappa shape index (κ3) is 6.22. The van der Waals surface area contributed by atoms with Crippen LogP contribution in [0.5, 0.6) is 0 Å².